The van der Waals surface area contributed by atoms with Crippen LogP contribution in [0.5, 0.6) is 0 Å². The SMILES string of the molecule is CCN(c1ccc(NC(=O)CNc2ccc(S(C)(=O)=O)cc2[N+](=O)[O-])cc1)C(C)C. The van der Waals surface area contributed by atoms with Crippen molar-refractivity contribution in [3.05, 3.63) is 52.6 Å². The molecule has 0 unspecified atom stereocenters. The van der Waals surface area contributed by atoms with Gasteiger partial charge in [-0.15, -0.1) is 0 Å². The minimum Gasteiger partial charge on any atom is -0.371 e. The predicted molar refractivity (Wildman–Crippen MR) is 118 cm³/mol. The average molecular weight is 435 g/mol. The molecule has 0 saturated heterocycles. The van der Waals surface area contributed by atoms with E-state index in [1.165, 1.54) is 12.1 Å². The topological polar surface area (TPSA) is 122 Å². The number of carbonyl (C=O) groups excluding carboxylic acids is 1. The first-order chi connectivity index (χ1) is 14.0. The highest BCUT2D eigenvalue weighted by atomic mass is 32.2. The van der Waals surface area contributed by atoms with Crippen LogP contribution in [-0.2, 0) is 14.6 Å². The molecule has 0 saturated carbocycles. The molecule has 0 heterocycles. The van der Waals surface area contributed by atoms with Crippen molar-refractivity contribution in [2.24, 2.45) is 0 Å². The van der Waals surface area contributed by atoms with E-state index in [0.717, 1.165) is 24.6 Å². The maximum atomic E-state index is 12.2. The van der Waals surface area contributed by atoms with Gasteiger partial charge < -0.3 is 15.5 Å². The second kappa shape index (κ2) is 9.57. The molecule has 0 atom stereocenters. The average Bonchev–Trinajstić information content (AvgIpc) is 2.67. The van der Waals surface area contributed by atoms with E-state index in [0.29, 0.717) is 11.7 Å². The molecule has 30 heavy (non-hydrogen) atoms. The lowest BCUT2D eigenvalue weighted by molar-refractivity contribution is -0.384. The van der Waals surface area contributed by atoms with Crippen molar-refractivity contribution in [3.63, 3.8) is 0 Å². The van der Waals surface area contributed by atoms with Gasteiger partial charge in [0.1, 0.15) is 5.69 Å². The summed E-state index contributed by atoms with van der Waals surface area (Å²) in [5.74, 6) is -0.388. The lowest BCUT2D eigenvalue weighted by Gasteiger charge is -2.27. The van der Waals surface area contributed by atoms with Crippen molar-refractivity contribution in [1.29, 1.82) is 0 Å². The van der Waals surface area contributed by atoms with E-state index in [2.05, 4.69) is 36.3 Å². The Bertz CT molecular complexity index is 1020. The van der Waals surface area contributed by atoms with Crippen molar-refractivity contribution in [2.45, 2.75) is 31.7 Å². The van der Waals surface area contributed by atoms with Gasteiger partial charge in [0.15, 0.2) is 9.84 Å². The molecule has 2 aromatic rings. The third-order valence-corrected chi connectivity index (χ3v) is 5.59. The third kappa shape index (κ3) is 5.93. The van der Waals surface area contributed by atoms with Crippen molar-refractivity contribution in [2.75, 3.05) is 34.9 Å². The largest absolute Gasteiger partial charge is 0.371 e. The maximum Gasteiger partial charge on any atom is 0.293 e. The number of carbonyl (C=O) groups is 1. The summed E-state index contributed by atoms with van der Waals surface area (Å²) in [6.07, 6.45) is 0.971. The lowest BCUT2D eigenvalue weighted by Crippen LogP contribution is -2.30. The van der Waals surface area contributed by atoms with Crippen LogP contribution in [0.4, 0.5) is 22.7 Å². The Morgan fingerprint density at radius 1 is 1.17 bits per heavy atom. The number of rotatable bonds is 9. The Morgan fingerprint density at radius 2 is 1.80 bits per heavy atom. The first kappa shape index (κ1) is 23.1. The number of nitro benzene ring substituents is 1. The number of benzene rings is 2. The predicted octanol–water partition coefficient (Wildman–Crippen LogP) is 3.28. The highest BCUT2D eigenvalue weighted by Crippen LogP contribution is 2.27. The molecular weight excluding hydrogens is 408 g/mol. The smallest absolute Gasteiger partial charge is 0.293 e. The Morgan fingerprint density at radius 3 is 2.30 bits per heavy atom. The Labute approximate surface area is 176 Å². The fourth-order valence-electron chi connectivity index (χ4n) is 3.01. The van der Waals surface area contributed by atoms with Crippen molar-refractivity contribution in [1.82, 2.24) is 0 Å². The van der Waals surface area contributed by atoms with Crippen molar-refractivity contribution >= 4 is 38.5 Å². The van der Waals surface area contributed by atoms with Gasteiger partial charge >= 0.3 is 0 Å². The standard InChI is InChI=1S/C20H26N4O5S/c1-5-23(14(2)3)16-8-6-15(7-9-16)22-20(25)13-21-18-11-10-17(30(4,28)29)12-19(18)24(26)27/h6-12,14,21H,5,13H2,1-4H3,(H,22,25). The van der Waals surface area contributed by atoms with Gasteiger partial charge in [0, 0.05) is 36.3 Å². The summed E-state index contributed by atoms with van der Waals surface area (Å²) in [6, 6.07) is 11.3. The number of hydrogen-bond donors (Lipinski definition) is 2. The molecule has 0 aliphatic heterocycles. The fraction of sp³-hybridized carbons (Fsp3) is 0.350. The van der Waals surface area contributed by atoms with E-state index < -0.39 is 20.4 Å². The third-order valence-electron chi connectivity index (χ3n) is 4.48. The maximum absolute atomic E-state index is 12.2. The summed E-state index contributed by atoms with van der Waals surface area (Å²) in [4.78, 5) is 24.9. The molecule has 0 bridgehead atoms. The summed E-state index contributed by atoms with van der Waals surface area (Å²) < 4.78 is 23.2. The van der Waals surface area contributed by atoms with Crippen molar-refractivity contribution in [3.8, 4) is 0 Å². The molecule has 0 aliphatic carbocycles. The normalized spacial score (nSPS) is 11.2. The van der Waals surface area contributed by atoms with Crippen LogP contribution in [0.2, 0.25) is 0 Å². The number of nitrogens with one attached hydrogen (secondary N) is 2. The van der Waals surface area contributed by atoms with E-state index in [1.807, 2.05) is 12.1 Å². The van der Waals surface area contributed by atoms with Gasteiger partial charge in [-0.3, -0.25) is 14.9 Å². The number of hydrogen-bond acceptors (Lipinski definition) is 7. The fourth-order valence-corrected chi connectivity index (χ4v) is 3.65. The number of nitro groups is 1. The van der Waals surface area contributed by atoms with E-state index in [4.69, 9.17) is 0 Å². The van der Waals surface area contributed by atoms with Gasteiger partial charge in [-0.05, 0) is 57.2 Å². The van der Waals surface area contributed by atoms with Crippen LogP contribution in [0.3, 0.4) is 0 Å². The van der Waals surface area contributed by atoms with E-state index >= 15 is 0 Å². The van der Waals surface area contributed by atoms with Gasteiger partial charge in [0.2, 0.25) is 5.91 Å². The molecule has 2 rings (SSSR count). The molecule has 2 aromatic carbocycles. The first-order valence-corrected chi connectivity index (χ1v) is 11.3. The van der Waals surface area contributed by atoms with E-state index in [9.17, 15) is 23.3 Å². The Hall–Kier alpha value is -3.14. The molecule has 1 amide bonds. The molecule has 162 valence electrons. The van der Waals surface area contributed by atoms with E-state index in [-0.39, 0.29) is 23.0 Å². The lowest BCUT2D eigenvalue weighted by atomic mass is 10.2. The molecule has 0 spiro atoms. The highest BCUT2D eigenvalue weighted by molar-refractivity contribution is 7.90. The van der Waals surface area contributed by atoms with Crippen LogP contribution in [0.25, 0.3) is 0 Å². The molecular formula is C20H26N4O5S. The Balaban J connectivity index is 2.05. The zero-order chi connectivity index (χ0) is 22.5. The molecule has 0 aromatic heterocycles. The summed E-state index contributed by atoms with van der Waals surface area (Å²) in [6.45, 7) is 6.93. The minimum atomic E-state index is -3.58. The summed E-state index contributed by atoms with van der Waals surface area (Å²) >= 11 is 0. The second-order valence-electron chi connectivity index (χ2n) is 7.04. The Kier molecular flexibility index (Phi) is 7.38. The van der Waals surface area contributed by atoms with Crippen LogP contribution >= 0.6 is 0 Å². The van der Waals surface area contributed by atoms with Crippen LogP contribution < -0.4 is 15.5 Å². The zero-order valence-corrected chi connectivity index (χ0v) is 18.2. The molecule has 0 radical (unpaired) electrons. The highest BCUT2D eigenvalue weighted by Gasteiger charge is 2.19. The molecule has 10 heteroatoms. The van der Waals surface area contributed by atoms with Gasteiger partial charge in [0.25, 0.3) is 5.69 Å². The molecule has 2 N–H and O–H groups in total. The summed E-state index contributed by atoms with van der Waals surface area (Å²) in [5, 5.41) is 16.7. The van der Waals surface area contributed by atoms with E-state index in [1.54, 1.807) is 12.1 Å². The van der Waals surface area contributed by atoms with Crippen LogP contribution in [0.1, 0.15) is 20.8 Å². The number of anilines is 3. The second-order valence-corrected chi connectivity index (χ2v) is 9.05. The van der Waals surface area contributed by atoms with Gasteiger partial charge in [0.05, 0.1) is 16.4 Å². The molecule has 9 nitrogen and oxygen atoms in total. The zero-order valence-electron chi connectivity index (χ0n) is 17.4. The number of amides is 1. The van der Waals surface area contributed by atoms with Gasteiger partial charge in [-0.2, -0.15) is 0 Å². The summed E-state index contributed by atoms with van der Waals surface area (Å²) in [5.41, 5.74) is 1.30. The minimum absolute atomic E-state index is 0.0634. The monoisotopic (exact) mass is 434 g/mol. The number of nitrogens with zero attached hydrogens (tertiary/aromatic N) is 2. The van der Waals surface area contributed by atoms with Crippen molar-refractivity contribution < 1.29 is 18.1 Å². The van der Waals surface area contributed by atoms with Crippen LogP contribution in [0, 0.1) is 10.1 Å². The molecule has 0 aliphatic rings. The summed E-state index contributed by atoms with van der Waals surface area (Å²) in [7, 11) is -3.58. The number of sulfone groups is 1. The van der Waals surface area contributed by atoms with Crippen LogP contribution in [0.15, 0.2) is 47.4 Å². The van der Waals surface area contributed by atoms with Gasteiger partial charge in [-0.25, -0.2) is 8.42 Å². The molecule has 0 fully saturated rings. The van der Waals surface area contributed by atoms with Crippen LogP contribution in [-0.4, -0.2) is 44.6 Å². The quantitative estimate of drug-likeness (QED) is 0.459. The van der Waals surface area contributed by atoms with Gasteiger partial charge in [-0.1, -0.05) is 0 Å². The first-order valence-electron chi connectivity index (χ1n) is 9.41.